The molecule has 76 valence electrons. The molecule has 1 aromatic rings. The molecule has 0 fully saturated rings. The average Bonchev–Trinajstić information content (AvgIpc) is 2.14. The van der Waals surface area contributed by atoms with Gasteiger partial charge < -0.3 is 10.8 Å². The Kier molecular flexibility index (Phi) is 3.65. The lowest BCUT2D eigenvalue weighted by Gasteiger charge is -2.10. The van der Waals surface area contributed by atoms with Gasteiger partial charge in [0.2, 0.25) is 5.91 Å². The maximum Gasteiger partial charge on any atom is 0.217 e. The van der Waals surface area contributed by atoms with Gasteiger partial charge in [0, 0.05) is 6.42 Å². The number of carbonyl (C=O) groups is 1. The largest absolute Gasteiger partial charge is 0.388 e. The van der Waals surface area contributed by atoms with E-state index in [1.54, 1.807) is 0 Å². The second kappa shape index (κ2) is 4.77. The molecule has 0 aliphatic carbocycles. The molecule has 0 spiro atoms. The maximum atomic E-state index is 10.5. The monoisotopic (exact) mass is 193 g/mol. The van der Waals surface area contributed by atoms with Gasteiger partial charge in [-0.2, -0.15) is 0 Å². The summed E-state index contributed by atoms with van der Waals surface area (Å²) >= 11 is 0. The van der Waals surface area contributed by atoms with Crippen LogP contribution in [0.1, 0.15) is 30.1 Å². The van der Waals surface area contributed by atoms with Crippen LogP contribution in [-0.2, 0) is 4.79 Å². The molecule has 1 aromatic carbocycles. The van der Waals surface area contributed by atoms with Crippen molar-refractivity contribution in [3.8, 4) is 0 Å². The van der Waals surface area contributed by atoms with Crippen LogP contribution in [0.3, 0.4) is 0 Å². The maximum absolute atomic E-state index is 10.5. The number of hydrogen-bond acceptors (Lipinski definition) is 2. The van der Waals surface area contributed by atoms with Crippen molar-refractivity contribution in [2.24, 2.45) is 5.73 Å². The van der Waals surface area contributed by atoms with Crippen molar-refractivity contribution in [1.82, 2.24) is 0 Å². The average molecular weight is 193 g/mol. The molecule has 0 aliphatic heterocycles. The van der Waals surface area contributed by atoms with Gasteiger partial charge in [-0.15, -0.1) is 0 Å². The fraction of sp³-hybridized carbons (Fsp3) is 0.364. The van der Waals surface area contributed by atoms with Gasteiger partial charge >= 0.3 is 0 Å². The Labute approximate surface area is 83.6 Å². The fourth-order valence-electron chi connectivity index (χ4n) is 1.32. The molecule has 0 saturated heterocycles. The number of aryl methyl sites for hydroxylation is 1. The zero-order chi connectivity index (χ0) is 10.6. The van der Waals surface area contributed by atoms with E-state index in [4.69, 9.17) is 5.73 Å². The summed E-state index contributed by atoms with van der Waals surface area (Å²) in [5.41, 5.74) is 6.94. The standard InChI is InChI=1S/C11H15NO2/c1-8-3-2-4-9(7-8)10(13)5-6-11(12)14/h2-4,7,10,13H,5-6H2,1H3,(H2,12,14). The number of primary amides is 1. The molecule has 1 unspecified atom stereocenters. The van der Waals surface area contributed by atoms with Crippen molar-refractivity contribution in [1.29, 1.82) is 0 Å². The first kappa shape index (κ1) is 10.7. The van der Waals surface area contributed by atoms with E-state index in [2.05, 4.69) is 0 Å². The van der Waals surface area contributed by atoms with Crippen molar-refractivity contribution in [3.05, 3.63) is 35.4 Å². The van der Waals surface area contributed by atoms with Gasteiger partial charge in [-0.05, 0) is 18.9 Å². The van der Waals surface area contributed by atoms with Crippen LogP contribution in [0.5, 0.6) is 0 Å². The lowest BCUT2D eigenvalue weighted by atomic mass is 10.0. The van der Waals surface area contributed by atoms with Gasteiger partial charge in [0.15, 0.2) is 0 Å². The zero-order valence-electron chi connectivity index (χ0n) is 8.23. The summed E-state index contributed by atoms with van der Waals surface area (Å²) in [5.74, 6) is -0.378. The summed E-state index contributed by atoms with van der Waals surface area (Å²) < 4.78 is 0. The molecule has 0 radical (unpaired) electrons. The molecule has 0 aliphatic rings. The predicted octanol–water partition coefficient (Wildman–Crippen LogP) is 1.29. The summed E-state index contributed by atoms with van der Waals surface area (Å²) in [6.07, 6.45) is 0.0101. The molecule has 3 N–H and O–H groups in total. The smallest absolute Gasteiger partial charge is 0.217 e. The summed E-state index contributed by atoms with van der Waals surface area (Å²) in [5, 5.41) is 9.69. The summed E-state index contributed by atoms with van der Waals surface area (Å²) in [7, 11) is 0. The molecule has 1 atom stereocenters. The number of amides is 1. The summed E-state index contributed by atoms with van der Waals surface area (Å²) in [6, 6.07) is 7.60. The number of nitrogens with two attached hydrogens (primary N) is 1. The molecule has 3 heteroatoms. The van der Waals surface area contributed by atoms with Crippen LogP contribution in [0.4, 0.5) is 0 Å². The van der Waals surface area contributed by atoms with E-state index in [1.807, 2.05) is 31.2 Å². The molecule has 1 amide bonds. The van der Waals surface area contributed by atoms with Gasteiger partial charge in [0.1, 0.15) is 0 Å². The number of rotatable bonds is 4. The molecule has 0 aromatic heterocycles. The third-order valence-electron chi connectivity index (χ3n) is 2.09. The van der Waals surface area contributed by atoms with Crippen LogP contribution in [0.15, 0.2) is 24.3 Å². The van der Waals surface area contributed by atoms with Crippen molar-refractivity contribution in [2.45, 2.75) is 25.9 Å². The SMILES string of the molecule is Cc1cccc(C(O)CCC(N)=O)c1. The number of aliphatic hydroxyl groups is 1. The van der Waals surface area contributed by atoms with Crippen LogP contribution in [0, 0.1) is 6.92 Å². The van der Waals surface area contributed by atoms with Crippen LogP contribution < -0.4 is 5.73 Å². The first-order valence-electron chi connectivity index (χ1n) is 4.62. The first-order valence-corrected chi connectivity index (χ1v) is 4.62. The van der Waals surface area contributed by atoms with E-state index in [9.17, 15) is 9.90 Å². The lowest BCUT2D eigenvalue weighted by Crippen LogP contribution is -2.12. The van der Waals surface area contributed by atoms with E-state index < -0.39 is 6.10 Å². The minimum Gasteiger partial charge on any atom is -0.388 e. The minimum atomic E-state index is -0.595. The van der Waals surface area contributed by atoms with Crippen molar-refractivity contribution in [3.63, 3.8) is 0 Å². The highest BCUT2D eigenvalue weighted by atomic mass is 16.3. The highest BCUT2D eigenvalue weighted by Crippen LogP contribution is 2.18. The minimum absolute atomic E-state index is 0.217. The number of hydrogen-bond donors (Lipinski definition) is 2. The Morgan fingerprint density at radius 1 is 1.57 bits per heavy atom. The highest BCUT2D eigenvalue weighted by molar-refractivity contribution is 5.73. The Bertz CT molecular complexity index is 323. The Morgan fingerprint density at radius 3 is 2.86 bits per heavy atom. The van der Waals surface area contributed by atoms with E-state index in [0.717, 1.165) is 11.1 Å². The highest BCUT2D eigenvalue weighted by Gasteiger charge is 2.08. The normalized spacial score (nSPS) is 12.4. The van der Waals surface area contributed by atoms with Crippen LogP contribution >= 0.6 is 0 Å². The molecule has 0 bridgehead atoms. The molecular weight excluding hydrogens is 178 g/mol. The first-order chi connectivity index (χ1) is 6.59. The van der Waals surface area contributed by atoms with E-state index in [-0.39, 0.29) is 12.3 Å². The van der Waals surface area contributed by atoms with E-state index in [0.29, 0.717) is 6.42 Å². The third-order valence-corrected chi connectivity index (χ3v) is 2.09. The van der Waals surface area contributed by atoms with Gasteiger partial charge in [-0.3, -0.25) is 4.79 Å². The van der Waals surface area contributed by atoms with E-state index in [1.165, 1.54) is 0 Å². The van der Waals surface area contributed by atoms with Gasteiger partial charge in [0.05, 0.1) is 6.10 Å². The Morgan fingerprint density at radius 2 is 2.29 bits per heavy atom. The third kappa shape index (κ3) is 3.18. The molecule has 1 rings (SSSR count). The molecule has 0 heterocycles. The Balaban J connectivity index is 2.60. The number of aliphatic hydroxyl groups excluding tert-OH is 1. The zero-order valence-corrected chi connectivity index (χ0v) is 8.23. The van der Waals surface area contributed by atoms with Gasteiger partial charge in [-0.1, -0.05) is 29.8 Å². The quantitative estimate of drug-likeness (QED) is 0.756. The predicted molar refractivity (Wildman–Crippen MR) is 54.6 cm³/mol. The second-order valence-corrected chi connectivity index (χ2v) is 3.43. The van der Waals surface area contributed by atoms with E-state index >= 15 is 0 Å². The van der Waals surface area contributed by atoms with Crippen LogP contribution in [0.2, 0.25) is 0 Å². The second-order valence-electron chi connectivity index (χ2n) is 3.43. The molecule has 3 nitrogen and oxygen atoms in total. The molecule has 0 saturated carbocycles. The van der Waals surface area contributed by atoms with Crippen LogP contribution in [-0.4, -0.2) is 11.0 Å². The fourth-order valence-corrected chi connectivity index (χ4v) is 1.32. The van der Waals surface area contributed by atoms with Crippen LogP contribution in [0.25, 0.3) is 0 Å². The van der Waals surface area contributed by atoms with Crippen molar-refractivity contribution in [2.75, 3.05) is 0 Å². The lowest BCUT2D eigenvalue weighted by molar-refractivity contribution is -0.118. The van der Waals surface area contributed by atoms with Gasteiger partial charge in [-0.25, -0.2) is 0 Å². The molecule has 14 heavy (non-hydrogen) atoms. The Hall–Kier alpha value is -1.35. The topological polar surface area (TPSA) is 63.3 Å². The molecular formula is C11H15NO2. The van der Waals surface area contributed by atoms with Crippen molar-refractivity contribution >= 4 is 5.91 Å². The number of benzene rings is 1. The van der Waals surface area contributed by atoms with Gasteiger partial charge in [0.25, 0.3) is 0 Å². The van der Waals surface area contributed by atoms with Crippen molar-refractivity contribution < 1.29 is 9.90 Å². The summed E-state index contributed by atoms with van der Waals surface area (Å²) in [6.45, 7) is 1.96. The number of carbonyl (C=O) groups excluding carboxylic acids is 1. The summed E-state index contributed by atoms with van der Waals surface area (Å²) in [4.78, 5) is 10.5.